The van der Waals surface area contributed by atoms with E-state index in [1.54, 1.807) is 25.3 Å². The van der Waals surface area contributed by atoms with Crippen LogP contribution in [0.4, 0.5) is 0 Å². The van der Waals surface area contributed by atoms with Gasteiger partial charge in [0.2, 0.25) is 11.8 Å². The fraction of sp³-hybridized carbons (Fsp3) is 0.312. The quantitative estimate of drug-likeness (QED) is 0.779. The molecule has 0 saturated heterocycles. The molecule has 0 spiro atoms. The zero-order valence-electron chi connectivity index (χ0n) is 13.2. The molecule has 0 bridgehead atoms. The van der Waals surface area contributed by atoms with Crippen LogP contribution in [0.3, 0.4) is 0 Å². The summed E-state index contributed by atoms with van der Waals surface area (Å²) in [6.45, 7) is 3.13. The predicted octanol–water partition coefficient (Wildman–Crippen LogP) is 3.21. The van der Waals surface area contributed by atoms with Crippen LogP contribution in [0.5, 0.6) is 0 Å². The number of amides is 1. The number of hydrogen-bond acceptors (Lipinski definition) is 5. The van der Waals surface area contributed by atoms with Crippen molar-refractivity contribution in [3.63, 3.8) is 0 Å². The largest absolute Gasteiger partial charge is 0.480 e. The van der Waals surface area contributed by atoms with Crippen LogP contribution in [0.1, 0.15) is 19.7 Å². The molecule has 1 aromatic carbocycles. The van der Waals surface area contributed by atoms with Gasteiger partial charge in [-0.1, -0.05) is 11.6 Å². The molecule has 0 aliphatic heterocycles. The summed E-state index contributed by atoms with van der Waals surface area (Å²) in [5, 5.41) is 11.4. The van der Waals surface area contributed by atoms with Crippen LogP contribution < -0.4 is 5.32 Å². The van der Waals surface area contributed by atoms with Crippen molar-refractivity contribution in [2.24, 2.45) is 0 Å². The number of carboxylic acid groups (broad SMARTS) is 1. The van der Waals surface area contributed by atoms with Crippen molar-refractivity contribution in [1.82, 2.24) is 10.3 Å². The summed E-state index contributed by atoms with van der Waals surface area (Å²) in [7, 11) is 0. The van der Waals surface area contributed by atoms with Gasteiger partial charge in [-0.25, -0.2) is 4.98 Å². The van der Waals surface area contributed by atoms with Crippen molar-refractivity contribution in [2.75, 3.05) is 0 Å². The number of thioether (sulfide) groups is 1. The lowest BCUT2D eigenvalue weighted by Gasteiger charge is -2.13. The number of oxazole rings is 1. The van der Waals surface area contributed by atoms with Gasteiger partial charge < -0.3 is 14.8 Å². The van der Waals surface area contributed by atoms with E-state index in [9.17, 15) is 9.59 Å². The van der Waals surface area contributed by atoms with Gasteiger partial charge in [-0.05, 0) is 38.1 Å². The summed E-state index contributed by atoms with van der Waals surface area (Å²) in [6, 6.07) is 6.29. The van der Waals surface area contributed by atoms with E-state index in [1.807, 2.05) is 12.1 Å². The van der Waals surface area contributed by atoms with Crippen LogP contribution in [0.2, 0.25) is 5.02 Å². The molecule has 0 aliphatic carbocycles. The molecule has 2 rings (SSSR count). The van der Waals surface area contributed by atoms with Crippen LogP contribution in [0.25, 0.3) is 11.3 Å². The van der Waals surface area contributed by atoms with Crippen LogP contribution in [0.15, 0.2) is 34.9 Å². The lowest BCUT2D eigenvalue weighted by Crippen LogP contribution is -2.42. The van der Waals surface area contributed by atoms with Crippen LogP contribution in [-0.2, 0) is 15.3 Å². The summed E-state index contributed by atoms with van der Waals surface area (Å²) in [5.41, 5.74) is 0.865. The van der Waals surface area contributed by atoms with Crippen molar-refractivity contribution in [1.29, 1.82) is 0 Å². The van der Waals surface area contributed by atoms with Gasteiger partial charge in [0.25, 0.3) is 0 Å². The molecule has 1 heterocycles. The van der Waals surface area contributed by atoms with Crippen molar-refractivity contribution < 1.29 is 19.1 Å². The number of halogens is 1. The second-order valence-electron chi connectivity index (χ2n) is 5.15. The van der Waals surface area contributed by atoms with Crippen LogP contribution in [0, 0.1) is 0 Å². The van der Waals surface area contributed by atoms with E-state index in [1.165, 1.54) is 18.7 Å². The molecule has 128 valence electrons. The average molecular weight is 369 g/mol. The number of carboxylic acids is 1. The van der Waals surface area contributed by atoms with Gasteiger partial charge in [-0.3, -0.25) is 9.59 Å². The molecule has 2 aromatic rings. The van der Waals surface area contributed by atoms with Crippen molar-refractivity contribution in [3.05, 3.63) is 41.4 Å². The van der Waals surface area contributed by atoms with Gasteiger partial charge in [0, 0.05) is 10.6 Å². The molecule has 8 heteroatoms. The lowest BCUT2D eigenvalue weighted by molar-refractivity contribution is -0.141. The van der Waals surface area contributed by atoms with E-state index in [2.05, 4.69) is 10.3 Å². The minimum atomic E-state index is -1.07. The van der Waals surface area contributed by atoms with Gasteiger partial charge in [-0.2, -0.15) is 0 Å². The first kappa shape index (κ1) is 18.4. The number of carbonyl (C=O) groups excluding carboxylic acids is 1. The monoisotopic (exact) mass is 368 g/mol. The highest BCUT2D eigenvalue weighted by molar-refractivity contribution is 7.99. The molecule has 1 amide bonds. The summed E-state index contributed by atoms with van der Waals surface area (Å²) in [5.74, 6) is 0.124. The zero-order valence-corrected chi connectivity index (χ0v) is 14.7. The Hall–Kier alpha value is -1.99. The van der Waals surface area contributed by atoms with Crippen molar-refractivity contribution in [3.8, 4) is 11.3 Å². The minimum absolute atomic E-state index is 0.334. The second-order valence-corrected chi connectivity index (χ2v) is 6.91. The Morgan fingerprint density at radius 2 is 2.00 bits per heavy atom. The topological polar surface area (TPSA) is 92.4 Å². The van der Waals surface area contributed by atoms with Gasteiger partial charge in [0.15, 0.2) is 5.76 Å². The van der Waals surface area contributed by atoms with Gasteiger partial charge in [0.05, 0.1) is 17.2 Å². The summed E-state index contributed by atoms with van der Waals surface area (Å²) >= 11 is 7.17. The first-order valence-electron chi connectivity index (χ1n) is 7.22. The molecular formula is C16H17ClN2O4S. The predicted molar refractivity (Wildman–Crippen MR) is 92.9 cm³/mol. The number of hydrogen-bond donors (Lipinski definition) is 2. The number of aliphatic carboxylic acids is 1. The Morgan fingerprint density at radius 3 is 2.62 bits per heavy atom. The number of rotatable bonds is 7. The number of benzene rings is 1. The molecule has 2 atom stereocenters. The molecule has 0 fully saturated rings. The highest BCUT2D eigenvalue weighted by Crippen LogP contribution is 2.25. The number of nitrogens with zero attached hydrogens (tertiary/aromatic N) is 1. The lowest BCUT2D eigenvalue weighted by atomic mass is 10.2. The van der Waals surface area contributed by atoms with Crippen LogP contribution >= 0.6 is 23.4 Å². The van der Waals surface area contributed by atoms with E-state index in [-0.39, 0.29) is 5.91 Å². The van der Waals surface area contributed by atoms with Gasteiger partial charge >= 0.3 is 5.97 Å². The Morgan fingerprint density at radius 1 is 1.33 bits per heavy atom. The SMILES string of the molecule is CC(NC(=O)C(C)SCc1ncc(-c2ccc(Cl)cc2)o1)C(=O)O. The normalized spacial score (nSPS) is 13.3. The third kappa shape index (κ3) is 5.01. The van der Waals surface area contributed by atoms with Crippen molar-refractivity contribution in [2.45, 2.75) is 30.9 Å². The summed E-state index contributed by atoms with van der Waals surface area (Å²) in [4.78, 5) is 26.8. The molecule has 0 saturated carbocycles. The third-order valence-electron chi connectivity index (χ3n) is 3.24. The van der Waals surface area contributed by atoms with E-state index in [4.69, 9.17) is 21.1 Å². The summed E-state index contributed by atoms with van der Waals surface area (Å²) in [6.07, 6.45) is 1.62. The highest BCUT2D eigenvalue weighted by atomic mass is 35.5. The maximum atomic E-state index is 11.9. The number of nitrogens with one attached hydrogen (secondary N) is 1. The zero-order chi connectivity index (χ0) is 17.7. The Balaban J connectivity index is 1.89. The molecule has 2 unspecified atom stereocenters. The molecule has 6 nitrogen and oxygen atoms in total. The van der Waals surface area contributed by atoms with E-state index in [0.29, 0.717) is 22.4 Å². The van der Waals surface area contributed by atoms with E-state index >= 15 is 0 Å². The van der Waals surface area contributed by atoms with E-state index in [0.717, 1.165) is 5.56 Å². The Bertz CT molecular complexity index is 717. The first-order valence-corrected chi connectivity index (χ1v) is 8.65. The maximum Gasteiger partial charge on any atom is 0.325 e. The second kappa shape index (κ2) is 8.21. The molecule has 0 aliphatic rings. The molecule has 0 radical (unpaired) electrons. The summed E-state index contributed by atoms with van der Waals surface area (Å²) < 4.78 is 5.66. The van der Waals surface area contributed by atoms with E-state index < -0.39 is 17.3 Å². The Labute approximate surface area is 148 Å². The molecule has 1 aromatic heterocycles. The fourth-order valence-corrected chi connectivity index (χ4v) is 2.66. The smallest absolute Gasteiger partial charge is 0.325 e. The highest BCUT2D eigenvalue weighted by Gasteiger charge is 2.20. The molecular weight excluding hydrogens is 352 g/mol. The fourth-order valence-electron chi connectivity index (χ4n) is 1.79. The van der Waals surface area contributed by atoms with Gasteiger partial charge in [0.1, 0.15) is 6.04 Å². The standard InChI is InChI=1S/C16H17ClN2O4S/c1-9(16(21)22)19-15(20)10(2)24-8-14-18-7-13(23-14)11-3-5-12(17)6-4-11/h3-7,9-10H,8H2,1-2H3,(H,19,20)(H,21,22). The van der Waals surface area contributed by atoms with Crippen LogP contribution in [-0.4, -0.2) is 33.3 Å². The number of aromatic nitrogens is 1. The van der Waals surface area contributed by atoms with Crippen molar-refractivity contribution >= 4 is 35.2 Å². The van der Waals surface area contributed by atoms with Gasteiger partial charge in [-0.15, -0.1) is 11.8 Å². The maximum absolute atomic E-state index is 11.9. The molecule has 24 heavy (non-hydrogen) atoms. The first-order chi connectivity index (χ1) is 11.4. The minimum Gasteiger partial charge on any atom is -0.480 e. The average Bonchev–Trinajstić information content (AvgIpc) is 3.02. The Kier molecular flexibility index (Phi) is 6.28. The number of carbonyl (C=O) groups is 2. The molecule has 2 N–H and O–H groups in total. The third-order valence-corrected chi connectivity index (χ3v) is 4.62.